The first-order chi connectivity index (χ1) is 6.68. The first kappa shape index (κ1) is 10.0. The molecule has 0 aromatic heterocycles. The van der Waals surface area contributed by atoms with Crippen molar-refractivity contribution >= 4 is 5.91 Å². The van der Waals surface area contributed by atoms with Crippen molar-refractivity contribution < 1.29 is 4.79 Å². The molecule has 0 aromatic carbocycles. The minimum atomic E-state index is 0.174. The summed E-state index contributed by atoms with van der Waals surface area (Å²) in [6, 6.07) is 0. The normalized spacial score (nSPS) is 24.4. The average Bonchev–Trinajstić information content (AvgIpc) is 3.00. The van der Waals surface area contributed by atoms with E-state index in [1.807, 2.05) is 13.8 Å². The van der Waals surface area contributed by atoms with Crippen LogP contribution in [0.4, 0.5) is 0 Å². The maximum atomic E-state index is 11.7. The second-order valence-electron chi connectivity index (χ2n) is 5.15. The van der Waals surface area contributed by atoms with E-state index in [1.54, 1.807) is 0 Å². The Bertz CT molecular complexity index is 212. The lowest BCUT2D eigenvalue weighted by molar-refractivity contribution is -0.135. The van der Waals surface area contributed by atoms with Crippen LogP contribution in [0.5, 0.6) is 0 Å². The van der Waals surface area contributed by atoms with Crippen LogP contribution in [-0.2, 0) is 4.79 Å². The Balaban J connectivity index is 1.80. The monoisotopic (exact) mass is 195 g/mol. The van der Waals surface area contributed by atoms with Crippen LogP contribution >= 0.6 is 0 Å². The zero-order valence-corrected chi connectivity index (χ0v) is 9.33. The summed E-state index contributed by atoms with van der Waals surface area (Å²) in [7, 11) is 0. The summed E-state index contributed by atoms with van der Waals surface area (Å²) in [6.07, 6.45) is 5.40. The van der Waals surface area contributed by atoms with Crippen LogP contribution in [0.15, 0.2) is 0 Å². The summed E-state index contributed by atoms with van der Waals surface area (Å²) in [4.78, 5) is 13.8. The molecular weight excluding hydrogens is 174 g/mol. The second kappa shape index (κ2) is 3.92. The van der Waals surface area contributed by atoms with Gasteiger partial charge < -0.3 is 4.90 Å². The molecule has 2 rings (SSSR count). The van der Waals surface area contributed by atoms with E-state index in [1.165, 1.54) is 25.7 Å². The molecule has 0 atom stereocenters. The number of hydrogen-bond donors (Lipinski definition) is 0. The lowest BCUT2D eigenvalue weighted by atomic mass is 9.91. The van der Waals surface area contributed by atoms with Gasteiger partial charge in [-0.25, -0.2) is 0 Å². The third-order valence-corrected chi connectivity index (χ3v) is 3.63. The molecule has 1 saturated carbocycles. The van der Waals surface area contributed by atoms with Gasteiger partial charge >= 0.3 is 0 Å². The second-order valence-corrected chi connectivity index (χ2v) is 5.15. The Kier molecular flexibility index (Phi) is 2.80. The van der Waals surface area contributed by atoms with Crippen LogP contribution in [0, 0.1) is 17.8 Å². The Morgan fingerprint density at radius 1 is 1.07 bits per heavy atom. The van der Waals surface area contributed by atoms with Crippen LogP contribution in [-0.4, -0.2) is 23.9 Å². The van der Waals surface area contributed by atoms with Crippen molar-refractivity contribution in [1.82, 2.24) is 4.90 Å². The third-order valence-electron chi connectivity index (χ3n) is 3.63. The van der Waals surface area contributed by atoms with Gasteiger partial charge in [0.15, 0.2) is 0 Å². The maximum Gasteiger partial charge on any atom is 0.225 e. The highest BCUT2D eigenvalue weighted by Gasteiger charge is 2.34. The van der Waals surface area contributed by atoms with Crippen LogP contribution in [0.25, 0.3) is 0 Å². The van der Waals surface area contributed by atoms with E-state index in [-0.39, 0.29) is 5.92 Å². The number of carbonyl (C=O) groups is 1. The van der Waals surface area contributed by atoms with Gasteiger partial charge in [0.1, 0.15) is 0 Å². The molecule has 1 heterocycles. The van der Waals surface area contributed by atoms with E-state index >= 15 is 0 Å². The number of piperidine rings is 1. The van der Waals surface area contributed by atoms with Crippen LogP contribution in [0.3, 0.4) is 0 Å². The lowest BCUT2D eigenvalue weighted by Crippen LogP contribution is -2.40. The van der Waals surface area contributed by atoms with E-state index in [2.05, 4.69) is 4.90 Å². The van der Waals surface area contributed by atoms with Gasteiger partial charge in [-0.3, -0.25) is 4.79 Å². The van der Waals surface area contributed by atoms with Crippen LogP contribution in [0.1, 0.15) is 39.5 Å². The fourth-order valence-electron chi connectivity index (χ4n) is 2.52. The number of carbonyl (C=O) groups excluding carboxylic acids is 1. The van der Waals surface area contributed by atoms with E-state index in [0.717, 1.165) is 24.9 Å². The van der Waals surface area contributed by atoms with Crippen molar-refractivity contribution in [3.8, 4) is 0 Å². The summed E-state index contributed by atoms with van der Waals surface area (Å²) in [5, 5.41) is 0. The topological polar surface area (TPSA) is 20.3 Å². The molecule has 80 valence electrons. The molecule has 0 bridgehead atoms. The molecule has 1 aliphatic heterocycles. The van der Waals surface area contributed by atoms with E-state index in [4.69, 9.17) is 0 Å². The zero-order chi connectivity index (χ0) is 10.1. The third kappa shape index (κ3) is 2.10. The van der Waals surface area contributed by atoms with Gasteiger partial charge in [-0.05, 0) is 37.5 Å². The first-order valence-corrected chi connectivity index (χ1v) is 5.97. The molecule has 1 aliphatic carbocycles. The van der Waals surface area contributed by atoms with Crippen molar-refractivity contribution in [2.24, 2.45) is 17.8 Å². The predicted molar refractivity (Wildman–Crippen MR) is 56.9 cm³/mol. The first-order valence-electron chi connectivity index (χ1n) is 5.97. The van der Waals surface area contributed by atoms with Gasteiger partial charge in [-0.15, -0.1) is 0 Å². The van der Waals surface area contributed by atoms with Crippen molar-refractivity contribution in [3.63, 3.8) is 0 Å². The highest BCUT2D eigenvalue weighted by atomic mass is 16.2. The molecule has 0 unspecified atom stereocenters. The molecule has 2 aliphatic rings. The molecule has 0 spiro atoms. The highest BCUT2D eigenvalue weighted by molar-refractivity contribution is 5.78. The van der Waals surface area contributed by atoms with E-state index in [9.17, 15) is 4.79 Å². The van der Waals surface area contributed by atoms with E-state index < -0.39 is 0 Å². The maximum absolute atomic E-state index is 11.7. The Morgan fingerprint density at radius 2 is 1.57 bits per heavy atom. The van der Waals surface area contributed by atoms with Gasteiger partial charge in [-0.1, -0.05) is 13.8 Å². The lowest BCUT2D eigenvalue weighted by Gasteiger charge is -2.33. The summed E-state index contributed by atoms with van der Waals surface area (Å²) in [6.45, 7) is 6.01. The van der Waals surface area contributed by atoms with Gasteiger partial charge in [0, 0.05) is 19.0 Å². The Morgan fingerprint density at radius 3 is 2.00 bits per heavy atom. The smallest absolute Gasteiger partial charge is 0.225 e. The van der Waals surface area contributed by atoms with Gasteiger partial charge in [0.25, 0.3) is 0 Å². The molecule has 0 radical (unpaired) electrons. The molecular formula is C12H21NO. The zero-order valence-electron chi connectivity index (χ0n) is 9.33. The number of likely N-dealkylation sites (tertiary alicyclic amines) is 1. The SMILES string of the molecule is CC(C)C(=O)N1CCC(C2CC2)CC1. The van der Waals surface area contributed by atoms with Crippen LogP contribution in [0.2, 0.25) is 0 Å². The van der Waals surface area contributed by atoms with Gasteiger partial charge in [0.05, 0.1) is 0 Å². The molecule has 0 N–H and O–H groups in total. The number of nitrogens with zero attached hydrogens (tertiary/aromatic N) is 1. The molecule has 14 heavy (non-hydrogen) atoms. The summed E-state index contributed by atoms with van der Waals surface area (Å²) in [5.74, 6) is 2.48. The summed E-state index contributed by atoms with van der Waals surface area (Å²) >= 11 is 0. The van der Waals surface area contributed by atoms with Crippen LogP contribution < -0.4 is 0 Å². The van der Waals surface area contributed by atoms with Gasteiger partial charge in [0.2, 0.25) is 5.91 Å². The fraction of sp³-hybridized carbons (Fsp3) is 0.917. The minimum absolute atomic E-state index is 0.174. The summed E-state index contributed by atoms with van der Waals surface area (Å²) < 4.78 is 0. The standard InChI is InChI=1S/C12H21NO/c1-9(2)12(14)13-7-5-11(6-8-13)10-3-4-10/h9-11H,3-8H2,1-2H3. The number of amides is 1. The highest BCUT2D eigenvalue weighted by Crippen LogP contribution is 2.41. The Hall–Kier alpha value is -0.530. The quantitative estimate of drug-likeness (QED) is 0.662. The Labute approximate surface area is 86.7 Å². The minimum Gasteiger partial charge on any atom is -0.342 e. The van der Waals surface area contributed by atoms with Crippen molar-refractivity contribution in [2.75, 3.05) is 13.1 Å². The predicted octanol–water partition coefficient (Wildman–Crippen LogP) is 2.29. The molecule has 2 fully saturated rings. The average molecular weight is 195 g/mol. The fourth-order valence-corrected chi connectivity index (χ4v) is 2.52. The molecule has 2 nitrogen and oxygen atoms in total. The van der Waals surface area contributed by atoms with Crippen molar-refractivity contribution in [2.45, 2.75) is 39.5 Å². The number of rotatable bonds is 2. The molecule has 1 amide bonds. The van der Waals surface area contributed by atoms with Crippen molar-refractivity contribution in [1.29, 1.82) is 0 Å². The molecule has 1 saturated heterocycles. The molecule has 0 aromatic rings. The van der Waals surface area contributed by atoms with Crippen molar-refractivity contribution in [3.05, 3.63) is 0 Å². The largest absolute Gasteiger partial charge is 0.342 e. The number of hydrogen-bond acceptors (Lipinski definition) is 1. The summed E-state index contributed by atoms with van der Waals surface area (Å²) in [5.41, 5.74) is 0. The van der Waals surface area contributed by atoms with Gasteiger partial charge in [-0.2, -0.15) is 0 Å². The van der Waals surface area contributed by atoms with E-state index in [0.29, 0.717) is 5.91 Å². The molecule has 2 heteroatoms.